The highest BCUT2D eigenvalue weighted by atomic mass is 16.4. The van der Waals surface area contributed by atoms with E-state index in [-0.39, 0.29) is 12.1 Å². The minimum atomic E-state index is -0.966. The fraction of sp³-hybridized carbons (Fsp3) is 0.917. The molecule has 16 heavy (non-hydrogen) atoms. The van der Waals surface area contributed by atoms with Crippen LogP contribution in [0.3, 0.4) is 0 Å². The molecule has 1 rings (SSSR count). The second kappa shape index (κ2) is 9.46. The van der Waals surface area contributed by atoms with Gasteiger partial charge in [0.25, 0.3) is 0 Å². The average Bonchev–Trinajstić information content (AvgIpc) is 2.23. The molecule has 4 nitrogen and oxygen atoms in total. The van der Waals surface area contributed by atoms with E-state index >= 15 is 0 Å². The van der Waals surface area contributed by atoms with Crippen LogP contribution in [0.25, 0.3) is 0 Å². The first-order valence-corrected chi connectivity index (χ1v) is 6.27. The Kier molecular flexibility index (Phi) is 9.00. The van der Waals surface area contributed by atoms with Crippen LogP contribution in [-0.2, 0) is 0 Å². The molecule has 0 heterocycles. The van der Waals surface area contributed by atoms with Crippen LogP contribution in [0.2, 0.25) is 0 Å². The number of carbonyl (C=O) groups is 1. The predicted molar refractivity (Wildman–Crippen MR) is 64.6 cm³/mol. The standard InChI is InChI=1S/C7H13NO3.C5H12/c9-6-3-1-5(2-4-6)8-7(10)11;1-3-5-4-2/h5-6,8-9H,1-4H2,(H,10,11);3-5H2,1-2H3/t5-,6-;. The van der Waals surface area contributed by atoms with Crippen molar-refractivity contribution in [3.63, 3.8) is 0 Å². The molecule has 0 aromatic carbocycles. The molecular weight excluding hydrogens is 206 g/mol. The molecule has 1 saturated carbocycles. The van der Waals surface area contributed by atoms with Gasteiger partial charge in [0.1, 0.15) is 0 Å². The van der Waals surface area contributed by atoms with Gasteiger partial charge in [0, 0.05) is 6.04 Å². The quantitative estimate of drug-likeness (QED) is 0.699. The van der Waals surface area contributed by atoms with E-state index in [1.165, 1.54) is 19.3 Å². The smallest absolute Gasteiger partial charge is 0.404 e. The molecule has 1 amide bonds. The largest absolute Gasteiger partial charge is 0.465 e. The molecule has 0 unspecified atom stereocenters. The SMILES string of the molecule is CCCCC.O=C(O)N[C@H]1CC[C@H](O)CC1. The molecule has 0 atom stereocenters. The lowest BCUT2D eigenvalue weighted by Crippen LogP contribution is -2.37. The van der Waals surface area contributed by atoms with Crippen LogP contribution in [0, 0.1) is 0 Å². The minimum Gasteiger partial charge on any atom is -0.465 e. The number of hydrogen-bond acceptors (Lipinski definition) is 2. The third-order valence-electron chi connectivity index (χ3n) is 2.73. The van der Waals surface area contributed by atoms with E-state index in [1.807, 2.05) is 0 Å². The molecule has 0 spiro atoms. The number of amides is 1. The Balaban J connectivity index is 0.000000385. The zero-order valence-corrected chi connectivity index (χ0v) is 10.4. The number of hydrogen-bond donors (Lipinski definition) is 3. The summed E-state index contributed by atoms with van der Waals surface area (Å²) in [7, 11) is 0. The summed E-state index contributed by atoms with van der Waals surface area (Å²) in [6.07, 6.45) is 5.83. The minimum absolute atomic E-state index is 0.0518. The van der Waals surface area contributed by atoms with Gasteiger partial charge in [-0.1, -0.05) is 33.1 Å². The van der Waals surface area contributed by atoms with Gasteiger partial charge in [0.15, 0.2) is 0 Å². The molecule has 4 heteroatoms. The van der Waals surface area contributed by atoms with E-state index < -0.39 is 6.09 Å². The van der Waals surface area contributed by atoms with Gasteiger partial charge in [-0.2, -0.15) is 0 Å². The Morgan fingerprint density at radius 3 is 2.00 bits per heavy atom. The Morgan fingerprint density at radius 2 is 1.69 bits per heavy atom. The molecule has 0 saturated heterocycles. The van der Waals surface area contributed by atoms with E-state index in [4.69, 9.17) is 10.2 Å². The van der Waals surface area contributed by atoms with Gasteiger partial charge < -0.3 is 15.5 Å². The van der Waals surface area contributed by atoms with Crippen molar-refractivity contribution in [3.05, 3.63) is 0 Å². The summed E-state index contributed by atoms with van der Waals surface area (Å²) in [6, 6.07) is 0.0518. The summed E-state index contributed by atoms with van der Waals surface area (Å²) in [6.45, 7) is 4.42. The van der Waals surface area contributed by atoms with E-state index in [1.54, 1.807) is 0 Å². The van der Waals surface area contributed by atoms with Crippen molar-refractivity contribution in [2.24, 2.45) is 0 Å². The third-order valence-corrected chi connectivity index (χ3v) is 2.73. The van der Waals surface area contributed by atoms with Crippen LogP contribution in [0.5, 0.6) is 0 Å². The summed E-state index contributed by atoms with van der Waals surface area (Å²) in [5.74, 6) is 0. The first kappa shape index (κ1) is 15.2. The Bertz CT molecular complexity index is 175. The van der Waals surface area contributed by atoms with E-state index in [0.29, 0.717) is 12.8 Å². The van der Waals surface area contributed by atoms with E-state index in [0.717, 1.165) is 12.8 Å². The molecule has 0 aromatic heterocycles. The van der Waals surface area contributed by atoms with Gasteiger partial charge >= 0.3 is 6.09 Å². The van der Waals surface area contributed by atoms with Crippen LogP contribution in [0.4, 0.5) is 4.79 Å². The maximum absolute atomic E-state index is 10.2. The van der Waals surface area contributed by atoms with Gasteiger partial charge in [-0.3, -0.25) is 0 Å². The maximum atomic E-state index is 10.2. The van der Waals surface area contributed by atoms with Gasteiger partial charge in [-0.15, -0.1) is 0 Å². The van der Waals surface area contributed by atoms with Crippen molar-refractivity contribution >= 4 is 6.09 Å². The van der Waals surface area contributed by atoms with Crippen molar-refractivity contribution in [1.82, 2.24) is 5.32 Å². The summed E-state index contributed by atoms with van der Waals surface area (Å²) in [5.41, 5.74) is 0. The Hall–Kier alpha value is -0.770. The lowest BCUT2D eigenvalue weighted by molar-refractivity contribution is 0.114. The van der Waals surface area contributed by atoms with Gasteiger partial charge in [-0.05, 0) is 25.7 Å². The topological polar surface area (TPSA) is 69.6 Å². The van der Waals surface area contributed by atoms with Crippen molar-refractivity contribution in [2.75, 3.05) is 0 Å². The number of carboxylic acid groups (broad SMARTS) is 1. The van der Waals surface area contributed by atoms with Crippen LogP contribution < -0.4 is 5.32 Å². The fourth-order valence-corrected chi connectivity index (χ4v) is 1.75. The molecule has 96 valence electrons. The van der Waals surface area contributed by atoms with Crippen molar-refractivity contribution < 1.29 is 15.0 Å². The first-order valence-electron chi connectivity index (χ1n) is 6.27. The van der Waals surface area contributed by atoms with Crippen molar-refractivity contribution in [2.45, 2.75) is 70.9 Å². The molecule has 0 aromatic rings. The second-order valence-electron chi connectivity index (χ2n) is 4.31. The highest BCUT2D eigenvalue weighted by Gasteiger charge is 2.19. The molecular formula is C12H25NO3. The van der Waals surface area contributed by atoms with Crippen LogP contribution in [0.15, 0.2) is 0 Å². The number of rotatable bonds is 3. The molecule has 0 aliphatic heterocycles. The van der Waals surface area contributed by atoms with Crippen molar-refractivity contribution in [1.29, 1.82) is 0 Å². The monoisotopic (exact) mass is 231 g/mol. The highest BCUT2D eigenvalue weighted by molar-refractivity contribution is 5.64. The normalized spacial score (nSPS) is 24.2. The molecule has 1 aliphatic carbocycles. The van der Waals surface area contributed by atoms with Crippen LogP contribution in [-0.4, -0.2) is 28.5 Å². The summed E-state index contributed by atoms with van der Waals surface area (Å²) in [4.78, 5) is 10.2. The fourth-order valence-electron chi connectivity index (χ4n) is 1.75. The third kappa shape index (κ3) is 8.53. The molecule has 0 radical (unpaired) electrons. The molecule has 1 fully saturated rings. The molecule has 0 bridgehead atoms. The van der Waals surface area contributed by atoms with Crippen molar-refractivity contribution in [3.8, 4) is 0 Å². The molecule has 1 aliphatic rings. The highest BCUT2D eigenvalue weighted by Crippen LogP contribution is 2.17. The zero-order chi connectivity index (χ0) is 12.4. The van der Waals surface area contributed by atoms with Gasteiger partial charge in [-0.25, -0.2) is 4.79 Å². The number of nitrogens with one attached hydrogen (secondary N) is 1. The predicted octanol–water partition coefficient (Wildman–Crippen LogP) is 2.75. The van der Waals surface area contributed by atoms with Crippen LogP contribution in [0.1, 0.15) is 58.8 Å². The Labute approximate surface area is 98.1 Å². The zero-order valence-electron chi connectivity index (χ0n) is 10.4. The number of aliphatic hydroxyl groups is 1. The second-order valence-corrected chi connectivity index (χ2v) is 4.31. The van der Waals surface area contributed by atoms with Gasteiger partial charge in [0.2, 0.25) is 0 Å². The lowest BCUT2D eigenvalue weighted by Gasteiger charge is -2.24. The van der Waals surface area contributed by atoms with E-state index in [2.05, 4.69) is 19.2 Å². The van der Waals surface area contributed by atoms with Gasteiger partial charge in [0.05, 0.1) is 6.10 Å². The Morgan fingerprint density at radius 1 is 1.19 bits per heavy atom. The van der Waals surface area contributed by atoms with E-state index in [9.17, 15) is 4.79 Å². The summed E-state index contributed by atoms with van der Waals surface area (Å²) in [5, 5.41) is 19.9. The summed E-state index contributed by atoms with van der Waals surface area (Å²) < 4.78 is 0. The number of aliphatic hydroxyl groups excluding tert-OH is 1. The first-order chi connectivity index (χ1) is 7.60. The lowest BCUT2D eigenvalue weighted by atomic mass is 9.93. The number of unbranched alkanes of at least 4 members (excludes halogenated alkanes) is 2. The summed E-state index contributed by atoms with van der Waals surface area (Å²) >= 11 is 0. The average molecular weight is 231 g/mol. The maximum Gasteiger partial charge on any atom is 0.404 e. The van der Waals surface area contributed by atoms with Crippen LogP contribution >= 0.6 is 0 Å². The molecule has 3 N–H and O–H groups in total.